The number of aliphatic imine (C=N–C) groups is 1. The van der Waals surface area contributed by atoms with Crippen molar-refractivity contribution >= 4 is 40.7 Å². The minimum Gasteiger partial charge on any atom is -0.355 e. The summed E-state index contributed by atoms with van der Waals surface area (Å²) in [5, 5.41) is 6.75. The number of benzene rings is 1. The van der Waals surface area contributed by atoms with Crippen LogP contribution in [0.3, 0.4) is 0 Å². The lowest BCUT2D eigenvalue weighted by Crippen LogP contribution is -2.49. The maximum atomic E-state index is 13.0. The van der Waals surface area contributed by atoms with E-state index in [0.29, 0.717) is 18.3 Å². The van der Waals surface area contributed by atoms with Gasteiger partial charge in [-0.05, 0) is 51.3 Å². The molecular weight excluding hydrogens is 490 g/mol. The second-order valence-corrected chi connectivity index (χ2v) is 10.3. The first kappa shape index (κ1) is 25.3. The molecule has 0 saturated carbocycles. The van der Waals surface area contributed by atoms with Crippen LogP contribution in [0.25, 0.3) is 0 Å². The van der Waals surface area contributed by atoms with Crippen molar-refractivity contribution in [2.45, 2.75) is 50.9 Å². The maximum absolute atomic E-state index is 13.0. The lowest BCUT2D eigenvalue weighted by atomic mass is 10.0. The first-order valence-electron chi connectivity index (χ1n) is 9.60. The molecule has 1 heterocycles. The third-order valence-corrected chi connectivity index (χ3v) is 6.68. The van der Waals surface area contributed by atoms with E-state index >= 15 is 0 Å². The fraction of sp³-hybridized carbons (Fsp3) is 0.650. The molecule has 0 amide bonds. The minimum absolute atomic E-state index is 0. The van der Waals surface area contributed by atoms with Gasteiger partial charge in [0.1, 0.15) is 5.82 Å². The largest absolute Gasteiger partial charge is 0.355 e. The standard InChI is InChI=1S/C20H33FN4OS.HI/c1-20(2,3)27(26)14-11-23-19(22-4)24-18-9-12-25(13-10-18)15-16-5-7-17(21)8-6-16;/h5-8,18H,9-15H2,1-4H3,(H2,22,23,24);1H. The fourth-order valence-corrected chi connectivity index (χ4v) is 3.94. The highest BCUT2D eigenvalue weighted by molar-refractivity contribution is 14.0. The van der Waals surface area contributed by atoms with E-state index in [4.69, 9.17) is 0 Å². The van der Waals surface area contributed by atoms with Gasteiger partial charge in [-0.1, -0.05) is 12.1 Å². The number of nitrogens with zero attached hydrogens (tertiary/aromatic N) is 2. The molecule has 1 aliphatic rings. The molecule has 2 N–H and O–H groups in total. The summed E-state index contributed by atoms with van der Waals surface area (Å²) in [6.45, 7) is 9.49. The maximum Gasteiger partial charge on any atom is 0.191 e. The number of hydrogen-bond acceptors (Lipinski definition) is 3. The molecule has 0 bridgehead atoms. The van der Waals surface area contributed by atoms with E-state index < -0.39 is 10.8 Å². The first-order chi connectivity index (χ1) is 12.8. The van der Waals surface area contributed by atoms with Crippen molar-refractivity contribution in [1.29, 1.82) is 0 Å². The summed E-state index contributed by atoms with van der Waals surface area (Å²) in [5.74, 6) is 1.20. The zero-order valence-electron chi connectivity index (χ0n) is 17.3. The van der Waals surface area contributed by atoms with Crippen LogP contribution in [0.15, 0.2) is 29.3 Å². The summed E-state index contributed by atoms with van der Waals surface area (Å²) >= 11 is 0. The van der Waals surface area contributed by atoms with Crippen LogP contribution in [0.4, 0.5) is 4.39 Å². The Morgan fingerprint density at radius 2 is 1.86 bits per heavy atom. The van der Waals surface area contributed by atoms with Crippen LogP contribution in [0.1, 0.15) is 39.2 Å². The van der Waals surface area contributed by atoms with E-state index in [1.165, 1.54) is 12.1 Å². The summed E-state index contributed by atoms with van der Waals surface area (Å²) in [6.07, 6.45) is 2.08. The highest BCUT2D eigenvalue weighted by Gasteiger charge is 2.21. The van der Waals surface area contributed by atoms with E-state index in [9.17, 15) is 8.60 Å². The monoisotopic (exact) mass is 524 g/mol. The Bertz CT molecular complexity index is 641. The highest BCUT2D eigenvalue weighted by Crippen LogP contribution is 2.14. The van der Waals surface area contributed by atoms with E-state index in [2.05, 4.69) is 20.5 Å². The molecule has 1 atom stereocenters. The van der Waals surface area contributed by atoms with Gasteiger partial charge in [0, 0.05) is 60.6 Å². The van der Waals surface area contributed by atoms with Crippen molar-refractivity contribution in [2.75, 3.05) is 32.4 Å². The van der Waals surface area contributed by atoms with Crippen LogP contribution in [0.5, 0.6) is 0 Å². The van der Waals surface area contributed by atoms with Crippen LogP contribution in [-0.2, 0) is 17.3 Å². The zero-order valence-corrected chi connectivity index (χ0v) is 20.5. The van der Waals surface area contributed by atoms with Gasteiger partial charge in [-0.25, -0.2) is 4.39 Å². The van der Waals surface area contributed by atoms with Gasteiger partial charge in [-0.3, -0.25) is 14.1 Å². The second kappa shape index (κ2) is 12.1. The lowest BCUT2D eigenvalue weighted by molar-refractivity contribution is 0.198. The number of guanidine groups is 1. The molecule has 28 heavy (non-hydrogen) atoms. The summed E-state index contributed by atoms with van der Waals surface area (Å²) in [4.78, 5) is 6.68. The van der Waals surface area contributed by atoms with E-state index in [1.807, 2.05) is 32.9 Å². The number of nitrogens with one attached hydrogen (secondary N) is 2. The van der Waals surface area contributed by atoms with Gasteiger partial charge in [0.15, 0.2) is 5.96 Å². The molecule has 1 aromatic rings. The van der Waals surface area contributed by atoms with Gasteiger partial charge in [0.2, 0.25) is 0 Å². The lowest BCUT2D eigenvalue weighted by Gasteiger charge is -2.33. The summed E-state index contributed by atoms with van der Waals surface area (Å²) in [6, 6.07) is 7.13. The van der Waals surface area contributed by atoms with Crippen molar-refractivity contribution in [1.82, 2.24) is 15.5 Å². The molecule has 1 aromatic carbocycles. The molecule has 0 aliphatic carbocycles. The molecule has 0 radical (unpaired) electrons. The second-order valence-electron chi connectivity index (χ2n) is 7.98. The van der Waals surface area contributed by atoms with Gasteiger partial charge in [0.25, 0.3) is 0 Å². The average molecular weight is 524 g/mol. The first-order valence-corrected chi connectivity index (χ1v) is 10.9. The van der Waals surface area contributed by atoms with Crippen molar-refractivity contribution in [2.24, 2.45) is 4.99 Å². The molecule has 1 saturated heterocycles. The molecule has 1 unspecified atom stereocenters. The average Bonchev–Trinajstić information content (AvgIpc) is 2.63. The third kappa shape index (κ3) is 8.73. The molecule has 8 heteroatoms. The van der Waals surface area contributed by atoms with Crippen molar-refractivity contribution in [3.05, 3.63) is 35.6 Å². The summed E-state index contributed by atoms with van der Waals surface area (Å²) < 4.78 is 24.9. The van der Waals surface area contributed by atoms with Crippen LogP contribution >= 0.6 is 24.0 Å². The highest BCUT2D eigenvalue weighted by atomic mass is 127. The van der Waals surface area contributed by atoms with E-state index in [1.54, 1.807) is 7.05 Å². The Morgan fingerprint density at radius 1 is 1.25 bits per heavy atom. The van der Waals surface area contributed by atoms with Gasteiger partial charge in [-0.15, -0.1) is 24.0 Å². The van der Waals surface area contributed by atoms with Crippen LogP contribution in [0.2, 0.25) is 0 Å². The Morgan fingerprint density at radius 3 is 2.39 bits per heavy atom. The van der Waals surface area contributed by atoms with Gasteiger partial charge < -0.3 is 10.6 Å². The molecule has 2 rings (SSSR count). The predicted octanol–water partition coefficient (Wildman–Crippen LogP) is 3.12. The van der Waals surface area contributed by atoms with Gasteiger partial charge >= 0.3 is 0 Å². The van der Waals surface area contributed by atoms with Gasteiger partial charge in [-0.2, -0.15) is 0 Å². The molecule has 0 aromatic heterocycles. The predicted molar refractivity (Wildman–Crippen MR) is 127 cm³/mol. The number of piperidine rings is 1. The Balaban J connectivity index is 0.00000392. The van der Waals surface area contributed by atoms with Crippen LogP contribution in [0, 0.1) is 5.82 Å². The number of likely N-dealkylation sites (tertiary alicyclic amines) is 1. The normalized spacial score (nSPS) is 17.7. The molecule has 1 fully saturated rings. The summed E-state index contributed by atoms with van der Waals surface area (Å²) in [5.41, 5.74) is 1.15. The fourth-order valence-electron chi connectivity index (χ4n) is 3.04. The Hall–Kier alpha value is -0.740. The van der Waals surface area contributed by atoms with Gasteiger partial charge in [0.05, 0.1) is 0 Å². The molecule has 160 valence electrons. The quantitative estimate of drug-likeness (QED) is 0.341. The molecular formula is C20H34FIN4OS. The van der Waals surface area contributed by atoms with E-state index in [0.717, 1.165) is 44.0 Å². The number of hydrogen-bond donors (Lipinski definition) is 2. The van der Waals surface area contributed by atoms with Crippen molar-refractivity contribution < 1.29 is 8.60 Å². The number of halogens is 2. The van der Waals surface area contributed by atoms with Crippen LogP contribution < -0.4 is 10.6 Å². The SMILES string of the molecule is CN=C(NCCS(=O)C(C)(C)C)NC1CCN(Cc2ccc(F)cc2)CC1.I. The zero-order chi connectivity index (χ0) is 19.9. The van der Waals surface area contributed by atoms with E-state index in [-0.39, 0.29) is 34.5 Å². The number of rotatable bonds is 6. The smallest absolute Gasteiger partial charge is 0.191 e. The van der Waals surface area contributed by atoms with Crippen molar-refractivity contribution in [3.63, 3.8) is 0 Å². The molecule has 1 aliphatic heterocycles. The molecule has 0 spiro atoms. The Labute approximate surface area is 188 Å². The van der Waals surface area contributed by atoms with Crippen molar-refractivity contribution in [3.8, 4) is 0 Å². The third-order valence-electron chi connectivity index (χ3n) is 4.73. The summed E-state index contributed by atoms with van der Waals surface area (Å²) in [7, 11) is 0.900. The Kier molecular flexibility index (Phi) is 10.9. The minimum atomic E-state index is -0.864. The topological polar surface area (TPSA) is 56.7 Å². The molecule has 5 nitrogen and oxygen atoms in total. The van der Waals surface area contributed by atoms with Crippen LogP contribution in [-0.4, -0.2) is 58.3 Å².